The van der Waals surface area contributed by atoms with Crippen LogP contribution in [-0.4, -0.2) is 20.2 Å². The number of nitrogens with zero attached hydrogens (tertiary/aromatic N) is 2. The van der Waals surface area contributed by atoms with Gasteiger partial charge >= 0.3 is 0 Å². The third kappa shape index (κ3) is 2.67. The number of thiophene rings is 1. The van der Waals surface area contributed by atoms with E-state index in [9.17, 15) is 0 Å². The molecule has 4 heterocycles. The van der Waals surface area contributed by atoms with Crippen LogP contribution in [0.1, 0.15) is 5.56 Å². The van der Waals surface area contributed by atoms with Crippen LogP contribution in [0.5, 0.6) is 0 Å². The van der Waals surface area contributed by atoms with Crippen molar-refractivity contribution in [2.24, 2.45) is 0 Å². The molecule has 6 rings (SSSR count). The maximum Gasteiger partial charge on any atom is 0.116 e. The fourth-order valence-electron chi connectivity index (χ4n) is 4.11. The Kier molecular flexibility index (Phi) is 3.82. The number of aromatic nitrogens is 4. The average molecular weight is 407 g/mol. The maximum absolute atomic E-state index is 4.64. The van der Waals surface area contributed by atoms with E-state index in [0.29, 0.717) is 0 Å². The molecule has 6 aromatic rings. The zero-order valence-electron chi connectivity index (χ0n) is 16.3. The Hall–Kier alpha value is -3.70. The van der Waals surface area contributed by atoms with Crippen molar-refractivity contribution < 1.29 is 0 Å². The highest BCUT2D eigenvalue weighted by Crippen LogP contribution is 2.36. The standard InChI is InChI=1S/C25H18N4S/c1-15-7-9-26-13-21(15)16-5-6-23-20(11-16)25(29-28-23)24-12-19-18(17-8-10-30-14-17)3-2-4-22(19)27-24/h2-14,27H,1H3,(H,28,29). The molecule has 0 aliphatic rings. The Labute approximate surface area is 177 Å². The summed E-state index contributed by atoms with van der Waals surface area (Å²) in [6.07, 6.45) is 3.75. The van der Waals surface area contributed by atoms with Crippen LogP contribution in [0.15, 0.2) is 77.8 Å². The largest absolute Gasteiger partial charge is 0.353 e. The predicted octanol–water partition coefficient (Wildman–Crippen LogP) is 6.81. The molecule has 0 saturated carbocycles. The van der Waals surface area contributed by atoms with Gasteiger partial charge in [-0.3, -0.25) is 10.1 Å². The van der Waals surface area contributed by atoms with Gasteiger partial charge in [0.25, 0.3) is 0 Å². The number of fused-ring (bicyclic) bond motifs is 2. The maximum atomic E-state index is 4.64. The minimum absolute atomic E-state index is 0.931. The summed E-state index contributed by atoms with van der Waals surface area (Å²) in [6, 6.07) is 19.2. The molecule has 0 aliphatic heterocycles. The first-order valence-corrected chi connectivity index (χ1v) is 10.8. The quantitative estimate of drug-likeness (QED) is 0.339. The number of aromatic amines is 2. The van der Waals surface area contributed by atoms with Crippen LogP contribution in [0.4, 0.5) is 0 Å². The Bertz CT molecular complexity index is 1510. The number of benzene rings is 2. The minimum atomic E-state index is 0.931. The Balaban J connectivity index is 1.53. The Morgan fingerprint density at radius 1 is 0.867 bits per heavy atom. The van der Waals surface area contributed by atoms with Gasteiger partial charge in [0.1, 0.15) is 5.69 Å². The molecule has 0 aliphatic carbocycles. The molecule has 30 heavy (non-hydrogen) atoms. The van der Waals surface area contributed by atoms with Crippen LogP contribution >= 0.6 is 11.3 Å². The summed E-state index contributed by atoms with van der Waals surface area (Å²) < 4.78 is 0. The lowest BCUT2D eigenvalue weighted by molar-refractivity contribution is 1.12. The van der Waals surface area contributed by atoms with E-state index in [0.717, 1.165) is 38.9 Å². The van der Waals surface area contributed by atoms with E-state index in [2.05, 4.69) is 86.4 Å². The van der Waals surface area contributed by atoms with E-state index >= 15 is 0 Å². The number of H-pyrrole nitrogens is 2. The molecule has 0 bridgehead atoms. The highest BCUT2D eigenvalue weighted by molar-refractivity contribution is 7.08. The summed E-state index contributed by atoms with van der Waals surface area (Å²) >= 11 is 1.72. The van der Waals surface area contributed by atoms with Crippen molar-refractivity contribution in [3.8, 4) is 33.6 Å². The van der Waals surface area contributed by atoms with E-state index < -0.39 is 0 Å². The van der Waals surface area contributed by atoms with Crippen molar-refractivity contribution in [3.05, 3.63) is 83.3 Å². The minimum Gasteiger partial charge on any atom is -0.353 e. The summed E-state index contributed by atoms with van der Waals surface area (Å²) in [5.41, 5.74) is 10.1. The molecular formula is C25H18N4S. The highest BCUT2D eigenvalue weighted by Gasteiger charge is 2.14. The second-order valence-corrected chi connectivity index (χ2v) is 8.27. The number of rotatable bonds is 3. The molecule has 0 unspecified atom stereocenters. The van der Waals surface area contributed by atoms with Gasteiger partial charge in [-0.15, -0.1) is 0 Å². The molecule has 0 saturated heterocycles. The first kappa shape index (κ1) is 17.2. The summed E-state index contributed by atoms with van der Waals surface area (Å²) in [5.74, 6) is 0. The van der Waals surface area contributed by atoms with Gasteiger partial charge < -0.3 is 4.98 Å². The third-order valence-electron chi connectivity index (χ3n) is 5.66. The SMILES string of the molecule is Cc1ccncc1-c1ccc2[nH]nc(-c3cc4c(-c5ccsc5)cccc4[nH]3)c2c1. The molecule has 4 nitrogen and oxygen atoms in total. The Morgan fingerprint density at radius 2 is 1.83 bits per heavy atom. The topological polar surface area (TPSA) is 57.4 Å². The summed E-state index contributed by atoms with van der Waals surface area (Å²) in [6.45, 7) is 2.11. The van der Waals surface area contributed by atoms with E-state index in [1.165, 1.54) is 22.1 Å². The average Bonchev–Trinajstić information content (AvgIpc) is 3.51. The molecule has 5 heteroatoms. The van der Waals surface area contributed by atoms with Crippen LogP contribution in [-0.2, 0) is 0 Å². The van der Waals surface area contributed by atoms with Crippen LogP contribution in [0.3, 0.4) is 0 Å². The van der Waals surface area contributed by atoms with Crippen LogP contribution in [0, 0.1) is 6.92 Å². The fourth-order valence-corrected chi connectivity index (χ4v) is 4.76. The normalized spacial score (nSPS) is 11.5. The summed E-state index contributed by atoms with van der Waals surface area (Å²) in [5, 5.41) is 14.4. The molecule has 144 valence electrons. The first-order chi connectivity index (χ1) is 14.8. The molecule has 0 radical (unpaired) electrons. The summed E-state index contributed by atoms with van der Waals surface area (Å²) in [4.78, 5) is 7.88. The van der Waals surface area contributed by atoms with Gasteiger partial charge in [-0.2, -0.15) is 16.4 Å². The van der Waals surface area contributed by atoms with Crippen molar-refractivity contribution in [2.45, 2.75) is 6.92 Å². The van der Waals surface area contributed by atoms with Gasteiger partial charge in [0.2, 0.25) is 0 Å². The van der Waals surface area contributed by atoms with Crippen molar-refractivity contribution in [2.75, 3.05) is 0 Å². The second kappa shape index (κ2) is 6.68. The monoisotopic (exact) mass is 406 g/mol. The lowest BCUT2D eigenvalue weighted by atomic mass is 10.0. The fraction of sp³-hybridized carbons (Fsp3) is 0.0400. The van der Waals surface area contributed by atoms with Gasteiger partial charge in [-0.1, -0.05) is 18.2 Å². The number of aryl methyl sites for hydroxylation is 1. The zero-order chi connectivity index (χ0) is 20.1. The van der Waals surface area contributed by atoms with E-state index in [4.69, 9.17) is 0 Å². The number of pyridine rings is 1. The number of nitrogens with one attached hydrogen (secondary N) is 2. The first-order valence-electron chi connectivity index (χ1n) is 9.82. The molecule has 2 N–H and O–H groups in total. The smallest absolute Gasteiger partial charge is 0.116 e. The van der Waals surface area contributed by atoms with Gasteiger partial charge in [-0.25, -0.2) is 0 Å². The second-order valence-electron chi connectivity index (χ2n) is 7.49. The molecule has 0 fully saturated rings. The van der Waals surface area contributed by atoms with Gasteiger partial charge in [0.15, 0.2) is 0 Å². The summed E-state index contributed by atoms with van der Waals surface area (Å²) in [7, 11) is 0. The van der Waals surface area contributed by atoms with Crippen LogP contribution in [0.2, 0.25) is 0 Å². The molecule has 2 aromatic carbocycles. The van der Waals surface area contributed by atoms with Crippen molar-refractivity contribution in [1.29, 1.82) is 0 Å². The number of hydrogen-bond donors (Lipinski definition) is 2. The van der Waals surface area contributed by atoms with E-state index in [1.54, 1.807) is 11.3 Å². The molecular weight excluding hydrogens is 388 g/mol. The molecule has 0 atom stereocenters. The van der Waals surface area contributed by atoms with Crippen molar-refractivity contribution in [1.82, 2.24) is 20.2 Å². The van der Waals surface area contributed by atoms with Gasteiger partial charge in [-0.05, 0) is 76.3 Å². The number of hydrogen-bond acceptors (Lipinski definition) is 3. The van der Waals surface area contributed by atoms with Crippen LogP contribution in [0.25, 0.3) is 55.4 Å². The van der Waals surface area contributed by atoms with E-state index in [-0.39, 0.29) is 0 Å². The van der Waals surface area contributed by atoms with Crippen molar-refractivity contribution in [3.63, 3.8) is 0 Å². The van der Waals surface area contributed by atoms with Gasteiger partial charge in [0, 0.05) is 34.2 Å². The highest BCUT2D eigenvalue weighted by atomic mass is 32.1. The van der Waals surface area contributed by atoms with E-state index in [1.807, 2.05) is 18.5 Å². The molecule has 0 amide bonds. The van der Waals surface area contributed by atoms with Gasteiger partial charge in [0.05, 0.1) is 11.2 Å². The molecule has 0 spiro atoms. The third-order valence-corrected chi connectivity index (χ3v) is 6.35. The Morgan fingerprint density at radius 3 is 2.70 bits per heavy atom. The lowest BCUT2D eigenvalue weighted by Crippen LogP contribution is -1.85. The van der Waals surface area contributed by atoms with Crippen molar-refractivity contribution >= 4 is 33.1 Å². The predicted molar refractivity (Wildman–Crippen MR) is 125 cm³/mol. The molecule has 4 aromatic heterocycles. The zero-order valence-corrected chi connectivity index (χ0v) is 17.1. The lowest BCUT2D eigenvalue weighted by Gasteiger charge is -2.05. The van der Waals surface area contributed by atoms with Crippen LogP contribution < -0.4 is 0 Å².